The number of hydrogen-bond donors (Lipinski definition) is 1. The van der Waals surface area contributed by atoms with Crippen LogP contribution in [0.2, 0.25) is 0 Å². The number of sulfonamides is 1. The van der Waals surface area contributed by atoms with E-state index in [0.29, 0.717) is 24.2 Å². The Morgan fingerprint density at radius 1 is 1.24 bits per heavy atom. The first-order valence-electron chi connectivity index (χ1n) is 11.2. The molecule has 1 amide bonds. The summed E-state index contributed by atoms with van der Waals surface area (Å²) in [4.78, 5) is 13.9. The molecule has 0 aliphatic carbocycles. The molecular weight excluding hydrogens is 469 g/mol. The van der Waals surface area contributed by atoms with Crippen LogP contribution in [0.15, 0.2) is 42.5 Å². The van der Waals surface area contributed by atoms with Gasteiger partial charge in [-0.2, -0.15) is 0 Å². The number of benzene rings is 2. The number of halogens is 3. The normalized spacial score (nSPS) is 24.1. The van der Waals surface area contributed by atoms with E-state index in [1.54, 1.807) is 24.3 Å². The quantitative estimate of drug-likeness (QED) is 0.639. The Morgan fingerprint density at radius 3 is 2.56 bits per heavy atom. The highest BCUT2D eigenvalue weighted by Gasteiger charge is 2.58. The SMILES string of the molecule is CCS(=O)(=O)N[C@@H]1[C@H](Cc2cccc(-c3cccc(C)c3)c2F)N(C(=O)C2CCO2)CC1(F)F. The second-order valence-corrected chi connectivity index (χ2v) is 10.8. The van der Waals surface area contributed by atoms with Crippen molar-refractivity contribution in [3.05, 3.63) is 59.4 Å². The molecule has 6 nitrogen and oxygen atoms in total. The van der Waals surface area contributed by atoms with Crippen molar-refractivity contribution >= 4 is 15.9 Å². The molecule has 2 aliphatic heterocycles. The van der Waals surface area contributed by atoms with Crippen molar-refractivity contribution < 1.29 is 31.1 Å². The Bertz CT molecular complexity index is 1180. The van der Waals surface area contributed by atoms with Crippen LogP contribution in [0, 0.1) is 12.7 Å². The van der Waals surface area contributed by atoms with Crippen molar-refractivity contribution in [2.75, 3.05) is 18.9 Å². The summed E-state index contributed by atoms with van der Waals surface area (Å²) in [5.41, 5.74) is 1.99. The molecule has 0 spiro atoms. The first-order chi connectivity index (χ1) is 16.0. The smallest absolute Gasteiger partial charge is 0.283 e. The summed E-state index contributed by atoms with van der Waals surface area (Å²) in [5.74, 6) is -5.16. The molecular formula is C24H27F3N2O4S. The van der Waals surface area contributed by atoms with Gasteiger partial charge >= 0.3 is 0 Å². The maximum Gasteiger partial charge on any atom is 0.283 e. The lowest BCUT2D eigenvalue weighted by Crippen LogP contribution is -2.54. The van der Waals surface area contributed by atoms with Crippen molar-refractivity contribution in [2.45, 2.75) is 50.8 Å². The molecule has 2 aromatic carbocycles. The number of ether oxygens (including phenoxy) is 1. The highest BCUT2D eigenvalue weighted by Crippen LogP contribution is 2.37. The van der Waals surface area contributed by atoms with Crippen LogP contribution in [0.4, 0.5) is 13.2 Å². The van der Waals surface area contributed by atoms with E-state index in [1.165, 1.54) is 13.0 Å². The summed E-state index contributed by atoms with van der Waals surface area (Å²) >= 11 is 0. The molecule has 1 unspecified atom stereocenters. The number of carbonyl (C=O) groups is 1. The largest absolute Gasteiger partial charge is 0.368 e. The zero-order valence-corrected chi connectivity index (χ0v) is 19.7. The third kappa shape index (κ3) is 4.85. The zero-order chi connectivity index (χ0) is 24.7. The molecule has 2 heterocycles. The van der Waals surface area contributed by atoms with Crippen LogP contribution in [0.1, 0.15) is 24.5 Å². The first-order valence-corrected chi connectivity index (χ1v) is 12.8. The molecule has 1 N–H and O–H groups in total. The number of nitrogens with zero attached hydrogens (tertiary/aromatic N) is 1. The van der Waals surface area contributed by atoms with Gasteiger partial charge in [-0.3, -0.25) is 4.79 Å². The van der Waals surface area contributed by atoms with Gasteiger partial charge in [-0.1, -0.05) is 48.0 Å². The van der Waals surface area contributed by atoms with Gasteiger partial charge in [-0.15, -0.1) is 0 Å². The molecule has 184 valence electrons. The van der Waals surface area contributed by atoms with Crippen LogP contribution in [-0.2, 0) is 26.0 Å². The molecule has 2 aliphatic rings. The Kier molecular flexibility index (Phi) is 6.76. The molecule has 34 heavy (non-hydrogen) atoms. The summed E-state index contributed by atoms with van der Waals surface area (Å²) in [5, 5.41) is 0. The lowest BCUT2D eigenvalue weighted by atomic mass is 9.94. The van der Waals surface area contributed by atoms with E-state index < -0.39 is 58.2 Å². The fourth-order valence-electron chi connectivity index (χ4n) is 4.43. The number of carbonyl (C=O) groups excluding carboxylic acids is 1. The van der Waals surface area contributed by atoms with Gasteiger partial charge in [0.2, 0.25) is 10.0 Å². The molecule has 2 saturated heterocycles. The predicted octanol–water partition coefficient (Wildman–Crippen LogP) is 3.29. The van der Waals surface area contributed by atoms with Gasteiger partial charge in [0, 0.05) is 12.0 Å². The van der Waals surface area contributed by atoms with Gasteiger partial charge in [-0.25, -0.2) is 26.3 Å². The van der Waals surface area contributed by atoms with Crippen molar-refractivity contribution in [3.63, 3.8) is 0 Å². The van der Waals surface area contributed by atoms with Crippen LogP contribution < -0.4 is 4.72 Å². The highest BCUT2D eigenvalue weighted by molar-refractivity contribution is 7.89. The van der Waals surface area contributed by atoms with Gasteiger partial charge in [0.25, 0.3) is 11.8 Å². The van der Waals surface area contributed by atoms with Crippen molar-refractivity contribution in [1.82, 2.24) is 9.62 Å². The molecule has 0 saturated carbocycles. The van der Waals surface area contributed by atoms with Gasteiger partial charge in [0.05, 0.1) is 24.9 Å². The van der Waals surface area contributed by atoms with Crippen LogP contribution in [0.25, 0.3) is 11.1 Å². The Morgan fingerprint density at radius 2 is 1.94 bits per heavy atom. The minimum absolute atomic E-state index is 0.120. The minimum Gasteiger partial charge on any atom is -0.368 e. The van der Waals surface area contributed by atoms with E-state index in [9.17, 15) is 13.2 Å². The number of rotatable bonds is 7. The first kappa shape index (κ1) is 24.7. The Labute approximate surface area is 197 Å². The fraction of sp³-hybridized carbons (Fsp3) is 0.458. The standard InChI is InChI=1S/C24H27F3N2O4S/c1-3-34(31,32)28-22-19(29(14-24(22,26)27)23(30)20-10-11-33-20)13-17-8-5-9-18(21(17)25)16-7-4-6-15(2)12-16/h4-9,12,19-20,22,28H,3,10-11,13-14H2,1-2H3/t19-,20?,22+/m0/s1. The number of alkyl halides is 2. The summed E-state index contributed by atoms with van der Waals surface area (Å²) in [7, 11) is -4.02. The number of amides is 1. The average Bonchev–Trinajstić information content (AvgIpc) is 2.98. The van der Waals surface area contributed by atoms with E-state index >= 15 is 13.2 Å². The van der Waals surface area contributed by atoms with Crippen LogP contribution in [0.5, 0.6) is 0 Å². The fourth-order valence-corrected chi connectivity index (χ4v) is 5.31. The molecule has 2 aromatic rings. The van der Waals surface area contributed by atoms with E-state index in [0.717, 1.165) is 10.5 Å². The van der Waals surface area contributed by atoms with Crippen molar-refractivity contribution in [2.24, 2.45) is 0 Å². The second kappa shape index (κ2) is 9.31. The number of likely N-dealkylation sites (tertiary alicyclic amines) is 1. The topological polar surface area (TPSA) is 75.7 Å². The maximum atomic E-state index is 15.6. The van der Waals surface area contributed by atoms with E-state index in [4.69, 9.17) is 4.74 Å². The van der Waals surface area contributed by atoms with E-state index in [-0.39, 0.29) is 12.0 Å². The molecule has 3 atom stereocenters. The molecule has 2 fully saturated rings. The van der Waals surface area contributed by atoms with Crippen LogP contribution >= 0.6 is 0 Å². The molecule has 0 bridgehead atoms. The summed E-state index contributed by atoms with van der Waals surface area (Å²) < 4.78 is 77.4. The van der Waals surface area contributed by atoms with Crippen molar-refractivity contribution in [3.8, 4) is 11.1 Å². The number of nitrogens with one attached hydrogen (secondary N) is 1. The average molecular weight is 497 g/mol. The molecule has 0 aromatic heterocycles. The third-order valence-corrected chi connectivity index (χ3v) is 7.78. The van der Waals surface area contributed by atoms with Crippen molar-refractivity contribution in [1.29, 1.82) is 0 Å². The van der Waals surface area contributed by atoms with Crippen LogP contribution in [0.3, 0.4) is 0 Å². The number of hydrogen-bond acceptors (Lipinski definition) is 4. The van der Waals surface area contributed by atoms with Gasteiger partial charge in [0.1, 0.15) is 18.0 Å². The third-order valence-electron chi connectivity index (χ3n) is 6.40. The van der Waals surface area contributed by atoms with E-state index in [1.807, 2.05) is 19.1 Å². The summed E-state index contributed by atoms with van der Waals surface area (Å²) in [6, 6.07) is 8.76. The molecule has 4 rings (SSSR count). The zero-order valence-electron chi connectivity index (χ0n) is 18.9. The predicted molar refractivity (Wildman–Crippen MR) is 121 cm³/mol. The Balaban J connectivity index is 1.72. The maximum absolute atomic E-state index is 15.6. The molecule has 0 radical (unpaired) electrons. The lowest BCUT2D eigenvalue weighted by Gasteiger charge is -2.34. The van der Waals surface area contributed by atoms with Gasteiger partial charge in [-0.05, 0) is 31.4 Å². The second-order valence-electron chi connectivity index (χ2n) is 8.79. The monoisotopic (exact) mass is 496 g/mol. The summed E-state index contributed by atoms with van der Waals surface area (Å²) in [6.07, 6.45) is -0.726. The highest BCUT2D eigenvalue weighted by atomic mass is 32.2. The molecule has 10 heteroatoms. The van der Waals surface area contributed by atoms with Gasteiger partial charge in [0.15, 0.2) is 0 Å². The van der Waals surface area contributed by atoms with Crippen LogP contribution in [-0.4, -0.2) is 62.2 Å². The number of aryl methyl sites for hydroxylation is 1. The lowest BCUT2D eigenvalue weighted by molar-refractivity contribution is -0.158. The van der Waals surface area contributed by atoms with Gasteiger partial charge < -0.3 is 9.64 Å². The minimum atomic E-state index is -4.02. The Hall–Kier alpha value is -2.43. The summed E-state index contributed by atoms with van der Waals surface area (Å²) in [6.45, 7) is 2.60. The van der Waals surface area contributed by atoms with E-state index in [2.05, 4.69) is 4.72 Å².